The predicted molar refractivity (Wildman–Crippen MR) is 116 cm³/mol. The van der Waals surface area contributed by atoms with Gasteiger partial charge in [0.05, 0.1) is 11.5 Å². The Hall–Kier alpha value is -3.53. The van der Waals surface area contributed by atoms with Crippen molar-refractivity contribution in [3.8, 4) is 17.4 Å². The zero-order valence-corrected chi connectivity index (χ0v) is 17.9. The van der Waals surface area contributed by atoms with Crippen LogP contribution in [0.1, 0.15) is 12.7 Å². The summed E-state index contributed by atoms with van der Waals surface area (Å²) in [6.45, 7) is 5.00. The number of aromatic nitrogens is 2. The lowest BCUT2D eigenvalue weighted by atomic mass is 10.3. The summed E-state index contributed by atoms with van der Waals surface area (Å²) in [7, 11) is -3.78. The number of nitrogens with zero attached hydrogens (tertiary/aromatic N) is 2. The van der Waals surface area contributed by atoms with E-state index in [9.17, 15) is 8.42 Å². The zero-order chi connectivity index (χ0) is 21.8. The number of benzene rings is 2. The first-order chi connectivity index (χ1) is 14.9. The summed E-state index contributed by atoms with van der Waals surface area (Å²) < 4.78 is 44.4. The van der Waals surface area contributed by atoms with Gasteiger partial charge in [-0.3, -0.25) is 4.72 Å². The minimum Gasteiger partial charge on any atom is -0.486 e. The van der Waals surface area contributed by atoms with E-state index in [2.05, 4.69) is 20.0 Å². The number of ether oxygens (including phenoxy) is 3. The van der Waals surface area contributed by atoms with Crippen LogP contribution in [0.2, 0.25) is 0 Å². The smallest absolute Gasteiger partial charge is 0.262 e. The van der Waals surface area contributed by atoms with E-state index in [1.54, 1.807) is 43.3 Å². The second-order valence-corrected chi connectivity index (χ2v) is 8.37. The van der Waals surface area contributed by atoms with E-state index in [4.69, 9.17) is 14.2 Å². The summed E-state index contributed by atoms with van der Waals surface area (Å²) in [6.07, 6.45) is 0. The first kappa shape index (κ1) is 20.7. The quantitative estimate of drug-likeness (QED) is 0.572. The highest BCUT2D eigenvalue weighted by Crippen LogP contribution is 2.33. The summed E-state index contributed by atoms with van der Waals surface area (Å²) in [6, 6.07) is 13.1. The number of hydrogen-bond acceptors (Lipinski definition) is 8. The molecule has 2 heterocycles. The standard InChI is InChI=1S/C21H22N4O5S/c1-3-28-21-13-20(22-14(2)23-21)24-15-4-6-16(7-5-15)25-31(26,27)17-8-9-18-19(12-17)30-11-10-29-18/h4-9,12-13,25H,3,10-11H2,1-2H3,(H,22,23,24). The van der Waals surface area contributed by atoms with Crippen LogP contribution < -0.4 is 24.2 Å². The molecule has 9 nitrogen and oxygen atoms in total. The van der Waals surface area contributed by atoms with Crippen LogP contribution >= 0.6 is 0 Å². The highest BCUT2D eigenvalue weighted by Gasteiger charge is 2.19. The molecule has 3 aromatic rings. The van der Waals surface area contributed by atoms with Crippen molar-refractivity contribution in [3.05, 3.63) is 54.4 Å². The second-order valence-electron chi connectivity index (χ2n) is 6.68. The number of fused-ring (bicyclic) bond motifs is 1. The fourth-order valence-corrected chi connectivity index (χ4v) is 4.07. The molecule has 162 valence electrons. The Balaban J connectivity index is 1.47. The number of rotatable bonds is 7. The van der Waals surface area contributed by atoms with Crippen molar-refractivity contribution >= 4 is 27.2 Å². The Bertz CT molecular complexity index is 1180. The van der Waals surface area contributed by atoms with Gasteiger partial charge >= 0.3 is 0 Å². The van der Waals surface area contributed by atoms with E-state index in [1.165, 1.54) is 12.1 Å². The summed E-state index contributed by atoms with van der Waals surface area (Å²) in [5.74, 6) is 2.60. The maximum absolute atomic E-state index is 12.7. The highest BCUT2D eigenvalue weighted by atomic mass is 32.2. The number of sulfonamides is 1. The minimum absolute atomic E-state index is 0.0962. The zero-order valence-electron chi connectivity index (χ0n) is 17.1. The first-order valence-electron chi connectivity index (χ1n) is 9.71. The lowest BCUT2D eigenvalue weighted by Gasteiger charge is -2.19. The molecule has 2 N–H and O–H groups in total. The van der Waals surface area contributed by atoms with Crippen molar-refractivity contribution in [1.29, 1.82) is 0 Å². The number of hydrogen-bond donors (Lipinski definition) is 2. The topological polar surface area (TPSA) is 112 Å². The van der Waals surface area contributed by atoms with Gasteiger partial charge in [0.25, 0.3) is 10.0 Å². The van der Waals surface area contributed by atoms with Crippen molar-refractivity contribution in [2.24, 2.45) is 0 Å². The first-order valence-corrected chi connectivity index (χ1v) is 11.2. The van der Waals surface area contributed by atoms with E-state index in [1.807, 2.05) is 6.92 Å². The molecular formula is C21H22N4O5S. The molecule has 0 saturated heterocycles. The molecule has 4 rings (SSSR count). The molecule has 2 aromatic carbocycles. The van der Waals surface area contributed by atoms with E-state index >= 15 is 0 Å². The maximum atomic E-state index is 12.7. The number of aryl methyl sites for hydroxylation is 1. The van der Waals surface area contributed by atoms with Crippen LogP contribution in [0.5, 0.6) is 17.4 Å². The van der Waals surface area contributed by atoms with Gasteiger partial charge in [-0.25, -0.2) is 13.4 Å². The molecule has 1 aliphatic rings. The molecule has 1 aromatic heterocycles. The monoisotopic (exact) mass is 442 g/mol. The Morgan fingerprint density at radius 3 is 2.42 bits per heavy atom. The van der Waals surface area contributed by atoms with Crippen molar-refractivity contribution in [3.63, 3.8) is 0 Å². The molecule has 0 bridgehead atoms. The summed E-state index contributed by atoms with van der Waals surface area (Å²) in [5, 5.41) is 3.16. The van der Waals surface area contributed by atoms with Crippen LogP contribution in [0, 0.1) is 6.92 Å². The molecule has 0 unspecified atom stereocenters. The van der Waals surface area contributed by atoms with Crippen LogP contribution in [-0.2, 0) is 10.0 Å². The van der Waals surface area contributed by atoms with Crippen LogP contribution in [0.15, 0.2) is 53.4 Å². The fourth-order valence-electron chi connectivity index (χ4n) is 3.00. The lowest BCUT2D eigenvalue weighted by Crippen LogP contribution is -2.17. The predicted octanol–water partition coefficient (Wildman–Crippen LogP) is 3.50. The third-order valence-corrected chi connectivity index (χ3v) is 5.72. The molecule has 0 fully saturated rings. The van der Waals surface area contributed by atoms with Gasteiger partial charge in [0.1, 0.15) is 24.9 Å². The Morgan fingerprint density at radius 2 is 1.68 bits per heavy atom. The largest absolute Gasteiger partial charge is 0.486 e. The molecule has 0 aliphatic carbocycles. The molecule has 0 spiro atoms. The highest BCUT2D eigenvalue weighted by molar-refractivity contribution is 7.92. The molecule has 0 atom stereocenters. The van der Waals surface area contributed by atoms with Gasteiger partial charge in [-0.15, -0.1) is 0 Å². The summed E-state index contributed by atoms with van der Waals surface area (Å²) >= 11 is 0. The Kier molecular flexibility index (Phi) is 5.81. The van der Waals surface area contributed by atoms with Crippen LogP contribution in [0.3, 0.4) is 0 Å². The Labute approximate surface area is 180 Å². The van der Waals surface area contributed by atoms with Gasteiger partial charge in [0.15, 0.2) is 11.5 Å². The van der Waals surface area contributed by atoms with Crippen molar-refractivity contribution in [2.45, 2.75) is 18.7 Å². The van der Waals surface area contributed by atoms with Crippen LogP contribution in [-0.4, -0.2) is 38.2 Å². The SMILES string of the molecule is CCOc1cc(Nc2ccc(NS(=O)(=O)c3ccc4c(c3)OCCO4)cc2)nc(C)n1. The number of nitrogens with one attached hydrogen (secondary N) is 2. The van der Waals surface area contributed by atoms with E-state index < -0.39 is 10.0 Å². The molecule has 31 heavy (non-hydrogen) atoms. The molecule has 1 aliphatic heterocycles. The average Bonchev–Trinajstić information content (AvgIpc) is 2.74. The molecule has 0 saturated carbocycles. The summed E-state index contributed by atoms with van der Waals surface area (Å²) in [4.78, 5) is 8.64. The van der Waals surface area contributed by atoms with Gasteiger partial charge in [0, 0.05) is 23.5 Å². The fraction of sp³-hybridized carbons (Fsp3) is 0.238. The minimum atomic E-state index is -3.78. The average molecular weight is 442 g/mol. The van der Waals surface area contributed by atoms with Crippen molar-refractivity contribution < 1.29 is 22.6 Å². The second kappa shape index (κ2) is 8.68. The van der Waals surface area contributed by atoms with Gasteiger partial charge in [-0.2, -0.15) is 4.98 Å². The van der Waals surface area contributed by atoms with E-state index in [0.29, 0.717) is 54.5 Å². The molecule has 0 radical (unpaired) electrons. The van der Waals surface area contributed by atoms with Gasteiger partial charge in [-0.1, -0.05) is 0 Å². The van der Waals surface area contributed by atoms with Crippen LogP contribution in [0.25, 0.3) is 0 Å². The third kappa shape index (κ3) is 4.97. The number of anilines is 3. The third-order valence-electron chi connectivity index (χ3n) is 4.34. The molecule has 10 heteroatoms. The van der Waals surface area contributed by atoms with E-state index in [-0.39, 0.29) is 4.90 Å². The van der Waals surface area contributed by atoms with Crippen LogP contribution in [0.4, 0.5) is 17.2 Å². The molecule has 0 amide bonds. The van der Waals surface area contributed by atoms with Gasteiger partial charge in [-0.05, 0) is 50.2 Å². The van der Waals surface area contributed by atoms with Gasteiger partial charge in [0.2, 0.25) is 5.88 Å². The maximum Gasteiger partial charge on any atom is 0.262 e. The van der Waals surface area contributed by atoms with Crippen molar-refractivity contribution in [1.82, 2.24) is 9.97 Å². The lowest BCUT2D eigenvalue weighted by molar-refractivity contribution is 0.171. The Morgan fingerprint density at radius 1 is 0.968 bits per heavy atom. The summed E-state index contributed by atoms with van der Waals surface area (Å²) in [5.41, 5.74) is 1.16. The van der Waals surface area contributed by atoms with Crippen molar-refractivity contribution in [2.75, 3.05) is 29.9 Å². The van der Waals surface area contributed by atoms with E-state index in [0.717, 1.165) is 5.69 Å². The molecular weight excluding hydrogens is 420 g/mol. The van der Waals surface area contributed by atoms with Gasteiger partial charge < -0.3 is 19.5 Å². The normalized spacial score (nSPS) is 12.8.